The maximum absolute atomic E-state index is 4.21. The van der Waals surface area contributed by atoms with Crippen LogP contribution < -0.4 is 0 Å². The van der Waals surface area contributed by atoms with Gasteiger partial charge in [0.15, 0.2) is 0 Å². The molecule has 1 rings (SSSR count). The third-order valence-corrected chi connectivity index (χ3v) is 2.73. The Morgan fingerprint density at radius 1 is 1.36 bits per heavy atom. The summed E-state index contributed by atoms with van der Waals surface area (Å²) < 4.78 is 0. The van der Waals surface area contributed by atoms with Crippen LogP contribution in [0.5, 0.6) is 0 Å². The van der Waals surface area contributed by atoms with Crippen molar-refractivity contribution in [3.05, 3.63) is 0 Å². The first-order valence-corrected chi connectivity index (χ1v) is 5.25. The van der Waals surface area contributed by atoms with Gasteiger partial charge in [-0.1, -0.05) is 12.8 Å². The quantitative estimate of drug-likeness (QED) is 0.637. The fourth-order valence-corrected chi connectivity index (χ4v) is 2.24. The molecule has 0 aliphatic heterocycles. The highest BCUT2D eigenvalue weighted by atomic mass is 32.1. The molecule has 0 radical (unpaired) electrons. The Labute approximate surface area is 75.6 Å². The molecule has 0 aromatic heterocycles. The molecule has 0 unspecified atom stereocenters. The Kier molecular flexibility index (Phi) is 4.31. The van der Waals surface area contributed by atoms with Gasteiger partial charge in [-0.15, -0.1) is 0 Å². The van der Waals surface area contributed by atoms with Gasteiger partial charge in [-0.3, -0.25) is 0 Å². The highest BCUT2D eigenvalue weighted by Crippen LogP contribution is 2.24. The van der Waals surface area contributed by atoms with Crippen LogP contribution in [0.1, 0.15) is 25.7 Å². The smallest absolute Gasteiger partial charge is 0.00669 e. The molecule has 1 aliphatic rings. The van der Waals surface area contributed by atoms with Crippen LogP contribution in [0.4, 0.5) is 0 Å². The second-order valence-electron chi connectivity index (χ2n) is 3.64. The third kappa shape index (κ3) is 3.48. The topological polar surface area (TPSA) is 3.24 Å². The van der Waals surface area contributed by atoms with Gasteiger partial charge < -0.3 is 4.90 Å². The molecule has 0 amide bonds. The van der Waals surface area contributed by atoms with Crippen LogP contribution in [0, 0.1) is 5.92 Å². The number of hydrogen-bond acceptors (Lipinski definition) is 2. The van der Waals surface area contributed by atoms with Gasteiger partial charge in [0.2, 0.25) is 0 Å². The van der Waals surface area contributed by atoms with Gasteiger partial charge in [-0.05, 0) is 25.8 Å². The Hall–Kier alpha value is 0.310. The molecule has 1 saturated carbocycles. The Morgan fingerprint density at radius 2 is 2.00 bits per heavy atom. The Bertz CT molecular complexity index is 99.7. The molecule has 66 valence electrons. The van der Waals surface area contributed by atoms with Crippen molar-refractivity contribution in [3.8, 4) is 0 Å². The Morgan fingerprint density at radius 3 is 2.55 bits per heavy atom. The highest BCUT2D eigenvalue weighted by Gasteiger charge is 2.15. The molecule has 1 fully saturated rings. The predicted molar refractivity (Wildman–Crippen MR) is 53.3 cm³/mol. The van der Waals surface area contributed by atoms with Crippen molar-refractivity contribution in [2.45, 2.75) is 25.7 Å². The largest absolute Gasteiger partial charge is 0.305 e. The van der Waals surface area contributed by atoms with E-state index >= 15 is 0 Å². The fourth-order valence-electron chi connectivity index (χ4n) is 1.90. The van der Waals surface area contributed by atoms with E-state index in [-0.39, 0.29) is 0 Å². The van der Waals surface area contributed by atoms with Crippen molar-refractivity contribution in [2.75, 3.05) is 25.9 Å². The van der Waals surface area contributed by atoms with Gasteiger partial charge in [0.25, 0.3) is 0 Å². The van der Waals surface area contributed by atoms with Crippen molar-refractivity contribution in [1.82, 2.24) is 4.90 Å². The van der Waals surface area contributed by atoms with E-state index in [1.807, 2.05) is 0 Å². The maximum Gasteiger partial charge on any atom is 0.00669 e. The number of thiol groups is 1. The lowest BCUT2D eigenvalue weighted by molar-refractivity contribution is 0.293. The summed E-state index contributed by atoms with van der Waals surface area (Å²) in [6, 6.07) is 0. The molecule has 0 heterocycles. The lowest BCUT2D eigenvalue weighted by Crippen LogP contribution is -2.26. The maximum atomic E-state index is 4.21. The first-order chi connectivity index (χ1) is 5.33. The van der Waals surface area contributed by atoms with Crippen LogP contribution in [0.15, 0.2) is 0 Å². The van der Waals surface area contributed by atoms with E-state index in [1.54, 1.807) is 0 Å². The van der Waals surface area contributed by atoms with E-state index in [0.717, 1.165) is 18.2 Å². The first kappa shape index (κ1) is 9.40. The summed E-state index contributed by atoms with van der Waals surface area (Å²) >= 11 is 4.21. The molecule has 2 heteroatoms. The summed E-state index contributed by atoms with van der Waals surface area (Å²) in [6.07, 6.45) is 5.83. The van der Waals surface area contributed by atoms with E-state index < -0.39 is 0 Å². The second kappa shape index (κ2) is 5.04. The molecule has 0 aromatic rings. The summed E-state index contributed by atoms with van der Waals surface area (Å²) in [6.45, 7) is 2.43. The van der Waals surface area contributed by atoms with E-state index in [4.69, 9.17) is 0 Å². The second-order valence-corrected chi connectivity index (χ2v) is 4.08. The molecule has 0 aromatic carbocycles. The van der Waals surface area contributed by atoms with Crippen molar-refractivity contribution >= 4 is 12.6 Å². The molecule has 0 atom stereocenters. The standard InChI is InChI=1S/C9H19NS/c1-10(6-7-11)8-9-4-2-3-5-9/h9,11H,2-8H2,1H3. The highest BCUT2D eigenvalue weighted by molar-refractivity contribution is 7.80. The van der Waals surface area contributed by atoms with Gasteiger partial charge >= 0.3 is 0 Å². The zero-order valence-electron chi connectivity index (χ0n) is 7.42. The zero-order valence-corrected chi connectivity index (χ0v) is 8.32. The molecule has 11 heavy (non-hydrogen) atoms. The summed E-state index contributed by atoms with van der Waals surface area (Å²) in [5.74, 6) is 1.98. The van der Waals surface area contributed by atoms with Crippen LogP contribution in [-0.2, 0) is 0 Å². The van der Waals surface area contributed by atoms with Crippen LogP contribution in [-0.4, -0.2) is 30.8 Å². The number of nitrogens with zero attached hydrogens (tertiary/aromatic N) is 1. The molecule has 0 N–H and O–H groups in total. The molecule has 1 aliphatic carbocycles. The molecule has 0 bridgehead atoms. The molecular weight excluding hydrogens is 154 g/mol. The van der Waals surface area contributed by atoms with E-state index in [2.05, 4.69) is 24.6 Å². The zero-order chi connectivity index (χ0) is 8.10. The third-order valence-electron chi connectivity index (χ3n) is 2.53. The average molecular weight is 173 g/mol. The predicted octanol–water partition coefficient (Wildman–Crippen LogP) is 2.04. The summed E-state index contributed by atoms with van der Waals surface area (Å²) in [5.41, 5.74) is 0. The van der Waals surface area contributed by atoms with Crippen molar-refractivity contribution in [1.29, 1.82) is 0 Å². The summed E-state index contributed by atoms with van der Waals surface area (Å²) in [5, 5.41) is 0. The summed E-state index contributed by atoms with van der Waals surface area (Å²) in [4.78, 5) is 2.41. The number of rotatable bonds is 4. The van der Waals surface area contributed by atoms with E-state index in [0.29, 0.717) is 0 Å². The average Bonchev–Trinajstić information content (AvgIpc) is 2.40. The minimum atomic E-state index is 0.986. The molecular formula is C9H19NS. The minimum Gasteiger partial charge on any atom is -0.305 e. The lowest BCUT2D eigenvalue weighted by Gasteiger charge is -2.19. The minimum absolute atomic E-state index is 0.986. The van der Waals surface area contributed by atoms with Gasteiger partial charge in [-0.2, -0.15) is 12.6 Å². The van der Waals surface area contributed by atoms with Gasteiger partial charge in [0.1, 0.15) is 0 Å². The van der Waals surface area contributed by atoms with E-state index in [9.17, 15) is 0 Å². The SMILES string of the molecule is CN(CCS)CC1CCCC1. The first-order valence-electron chi connectivity index (χ1n) is 4.62. The van der Waals surface area contributed by atoms with Crippen LogP contribution in [0.2, 0.25) is 0 Å². The fraction of sp³-hybridized carbons (Fsp3) is 1.00. The summed E-state index contributed by atoms with van der Waals surface area (Å²) in [7, 11) is 2.20. The lowest BCUT2D eigenvalue weighted by atomic mass is 10.1. The van der Waals surface area contributed by atoms with Gasteiger partial charge in [-0.25, -0.2) is 0 Å². The Balaban J connectivity index is 2.08. The number of hydrogen-bond donors (Lipinski definition) is 1. The molecule has 1 nitrogen and oxygen atoms in total. The van der Waals surface area contributed by atoms with Gasteiger partial charge in [0, 0.05) is 18.8 Å². The van der Waals surface area contributed by atoms with Crippen molar-refractivity contribution in [3.63, 3.8) is 0 Å². The van der Waals surface area contributed by atoms with Crippen LogP contribution >= 0.6 is 12.6 Å². The van der Waals surface area contributed by atoms with Crippen molar-refractivity contribution < 1.29 is 0 Å². The van der Waals surface area contributed by atoms with Crippen LogP contribution in [0.3, 0.4) is 0 Å². The van der Waals surface area contributed by atoms with Crippen LogP contribution in [0.25, 0.3) is 0 Å². The monoisotopic (exact) mass is 173 g/mol. The van der Waals surface area contributed by atoms with E-state index in [1.165, 1.54) is 32.2 Å². The normalized spacial score (nSPS) is 19.9. The molecule has 0 spiro atoms. The molecule has 0 saturated heterocycles. The van der Waals surface area contributed by atoms with Gasteiger partial charge in [0.05, 0.1) is 0 Å². The van der Waals surface area contributed by atoms with Crippen molar-refractivity contribution in [2.24, 2.45) is 5.92 Å².